The smallest absolute Gasteiger partial charge is 0.0800 e. The van der Waals surface area contributed by atoms with E-state index in [9.17, 15) is 0 Å². The number of hydrogen-bond donors (Lipinski definition) is 0. The Bertz CT molecular complexity index is 121. The molecule has 66 valence electrons. The Morgan fingerprint density at radius 3 is 2.64 bits per heavy atom. The van der Waals surface area contributed by atoms with Gasteiger partial charge < -0.3 is 4.74 Å². The van der Waals surface area contributed by atoms with Gasteiger partial charge in [-0.2, -0.15) is 0 Å². The summed E-state index contributed by atoms with van der Waals surface area (Å²) in [5.74, 6) is 0.709. The van der Waals surface area contributed by atoms with E-state index < -0.39 is 0 Å². The van der Waals surface area contributed by atoms with E-state index in [1.807, 2.05) is 7.11 Å². The summed E-state index contributed by atoms with van der Waals surface area (Å²) in [7, 11) is 1.84. The van der Waals surface area contributed by atoms with Gasteiger partial charge >= 0.3 is 0 Å². The quantitative estimate of drug-likeness (QED) is 0.651. The summed E-state index contributed by atoms with van der Waals surface area (Å²) >= 11 is 3.54. The molecule has 1 aliphatic rings. The molecule has 2 atom stereocenters. The van der Waals surface area contributed by atoms with Crippen LogP contribution in [-0.4, -0.2) is 18.0 Å². The van der Waals surface area contributed by atoms with Gasteiger partial charge in [-0.05, 0) is 18.8 Å². The van der Waals surface area contributed by atoms with Crippen LogP contribution in [0.3, 0.4) is 0 Å². The first-order chi connectivity index (χ1) is 5.25. The Labute approximate surface area is 77.6 Å². The van der Waals surface area contributed by atoms with Crippen LogP contribution in [-0.2, 0) is 4.74 Å². The van der Waals surface area contributed by atoms with E-state index >= 15 is 0 Å². The van der Waals surface area contributed by atoms with Gasteiger partial charge in [0.15, 0.2) is 0 Å². The minimum Gasteiger partial charge on any atom is -0.377 e. The molecule has 2 heteroatoms. The largest absolute Gasteiger partial charge is 0.377 e. The molecular formula is C9H17BrO. The highest BCUT2D eigenvalue weighted by Gasteiger charge is 2.36. The summed E-state index contributed by atoms with van der Waals surface area (Å²) in [5.41, 5.74) is 0.137. The summed E-state index contributed by atoms with van der Waals surface area (Å²) < 4.78 is 5.59. The fourth-order valence-electron chi connectivity index (χ4n) is 1.94. The minimum atomic E-state index is 0.137. The second-order valence-corrected chi connectivity index (χ2v) is 4.11. The van der Waals surface area contributed by atoms with Crippen LogP contribution in [0.1, 0.15) is 32.6 Å². The Hall–Kier alpha value is 0.440. The second kappa shape index (κ2) is 3.90. The third-order valence-corrected chi connectivity index (χ3v) is 3.97. The van der Waals surface area contributed by atoms with Gasteiger partial charge in [0.25, 0.3) is 0 Å². The average molecular weight is 221 g/mol. The maximum atomic E-state index is 5.59. The Kier molecular flexibility index (Phi) is 3.38. The lowest BCUT2D eigenvalue weighted by Crippen LogP contribution is -2.42. The summed E-state index contributed by atoms with van der Waals surface area (Å²) in [6.07, 6.45) is 5.23. The molecule has 0 N–H and O–H groups in total. The fraction of sp³-hybridized carbons (Fsp3) is 1.00. The molecule has 0 bridgehead atoms. The normalized spacial score (nSPS) is 39.0. The van der Waals surface area contributed by atoms with Crippen molar-refractivity contribution in [2.24, 2.45) is 5.92 Å². The van der Waals surface area contributed by atoms with Crippen LogP contribution >= 0.6 is 15.9 Å². The molecule has 0 aromatic heterocycles. The van der Waals surface area contributed by atoms with Crippen LogP contribution in [0.2, 0.25) is 0 Å². The van der Waals surface area contributed by atoms with Crippen molar-refractivity contribution in [3.05, 3.63) is 0 Å². The molecule has 1 saturated carbocycles. The Morgan fingerprint density at radius 2 is 2.27 bits per heavy atom. The second-order valence-electron chi connectivity index (χ2n) is 3.55. The lowest BCUT2D eigenvalue weighted by molar-refractivity contribution is -0.0568. The van der Waals surface area contributed by atoms with Crippen LogP contribution in [0.5, 0.6) is 0 Å². The van der Waals surface area contributed by atoms with E-state index in [4.69, 9.17) is 4.74 Å². The molecule has 0 aliphatic heterocycles. The molecule has 0 aromatic rings. The topological polar surface area (TPSA) is 9.23 Å². The zero-order valence-electron chi connectivity index (χ0n) is 7.40. The average Bonchev–Trinajstić information content (AvgIpc) is 2.06. The third-order valence-electron chi connectivity index (χ3n) is 3.02. The predicted molar refractivity (Wildman–Crippen MR) is 51.2 cm³/mol. The zero-order valence-corrected chi connectivity index (χ0v) is 8.99. The van der Waals surface area contributed by atoms with Gasteiger partial charge in [0, 0.05) is 12.4 Å². The van der Waals surface area contributed by atoms with E-state index in [1.165, 1.54) is 25.7 Å². The van der Waals surface area contributed by atoms with Crippen LogP contribution in [0.4, 0.5) is 0 Å². The summed E-state index contributed by atoms with van der Waals surface area (Å²) in [5, 5.41) is 0.984. The van der Waals surface area contributed by atoms with Gasteiger partial charge in [-0.15, -0.1) is 0 Å². The van der Waals surface area contributed by atoms with E-state index in [1.54, 1.807) is 0 Å². The maximum Gasteiger partial charge on any atom is 0.0800 e. The highest BCUT2D eigenvalue weighted by molar-refractivity contribution is 9.09. The lowest BCUT2D eigenvalue weighted by Gasteiger charge is -2.40. The van der Waals surface area contributed by atoms with Gasteiger partial charge in [-0.3, -0.25) is 0 Å². The van der Waals surface area contributed by atoms with E-state index in [-0.39, 0.29) is 5.60 Å². The third kappa shape index (κ3) is 1.78. The van der Waals surface area contributed by atoms with Gasteiger partial charge in [0.1, 0.15) is 0 Å². The van der Waals surface area contributed by atoms with Crippen molar-refractivity contribution in [2.45, 2.75) is 38.2 Å². The number of hydrogen-bond acceptors (Lipinski definition) is 1. The molecule has 0 amide bonds. The fourth-order valence-corrected chi connectivity index (χ4v) is 3.00. The van der Waals surface area contributed by atoms with Gasteiger partial charge in [0.2, 0.25) is 0 Å². The van der Waals surface area contributed by atoms with Crippen LogP contribution in [0.25, 0.3) is 0 Å². The first kappa shape index (κ1) is 9.53. The molecule has 0 unspecified atom stereocenters. The summed E-state index contributed by atoms with van der Waals surface area (Å²) in [6, 6.07) is 0. The first-order valence-corrected chi connectivity index (χ1v) is 5.48. The van der Waals surface area contributed by atoms with Crippen LogP contribution in [0, 0.1) is 5.92 Å². The summed E-state index contributed by atoms with van der Waals surface area (Å²) in [6.45, 7) is 2.30. The Balaban J connectivity index is 2.61. The van der Waals surface area contributed by atoms with Crippen molar-refractivity contribution in [1.29, 1.82) is 0 Å². The molecule has 0 spiro atoms. The highest BCUT2D eigenvalue weighted by atomic mass is 79.9. The highest BCUT2D eigenvalue weighted by Crippen LogP contribution is 2.37. The molecule has 1 rings (SSSR count). The van der Waals surface area contributed by atoms with Crippen molar-refractivity contribution in [2.75, 3.05) is 12.4 Å². The summed E-state index contributed by atoms with van der Waals surface area (Å²) in [4.78, 5) is 0. The minimum absolute atomic E-state index is 0.137. The number of halogens is 1. The van der Waals surface area contributed by atoms with Crippen LogP contribution < -0.4 is 0 Å². The van der Waals surface area contributed by atoms with Crippen molar-refractivity contribution >= 4 is 15.9 Å². The number of methoxy groups -OCH3 is 1. The van der Waals surface area contributed by atoms with E-state index in [0.29, 0.717) is 5.92 Å². The molecule has 1 fully saturated rings. The predicted octanol–water partition coefficient (Wildman–Crippen LogP) is 2.98. The molecule has 1 nitrogen and oxygen atoms in total. The number of rotatable bonds is 2. The molecule has 11 heavy (non-hydrogen) atoms. The van der Waals surface area contributed by atoms with Crippen molar-refractivity contribution in [3.8, 4) is 0 Å². The molecule has 0 radical (unpaired) electrons. The van der Waals surface area contributed by atoms with E-state index in [0.717, 1.165) is 5.33 Å². The van der Waals surface area contributed by atoms with Gasteiger partial charge in [-0.1, -0.05) is 35.7 Å². The zero-order chi connectivity index (χ0) is 8.32. The number of alkyl halides is 1. The number of ether oxygens (including phenoxy) is 1. The lowest BCUT2D eigenvalue weighted by atomic mass is 9.77. The van der Waals surface area contributed by atoms with Crippen molar-refractivity contribution < 1.29 is 4.74 Å². The van der Waals surface area contributed by atoms with Crippen molar-refractivity contribution in [1.82, 2.24) is 0 Å². The molecule has 0 saturated heterocycles. The molecular weight excluding hydrogens is 204 g/mol. The van der Waals surface area contributed by atoms with Gasteiger partial charge in [-0.25, -0.2) is 0 Å². The van der Waals surface area contributed by atoms with Crippen LogP contribution in [0.15, 0.2) is 0 Å². The SMILES string of the molecule is CO[C@@]1(CBr)CCCC[C@@H]1C. The molecule has 0 aromatic carbocycles. The van der Waals surface area contributed by atoms with E-state index in [2.05, 4.69) is 22.9 Å². The van der Waals surface area contributed by atoms with Gasteiger partial charge in [0.05, 0.1) is 5.60 Å². The first-order valence-electron chi connectivity index (χ1n) is 4.36. The maximum absolute atomic E-state index is 5.59. The standard InChI is InChI=1S/C9H17BrO/c1-8-5-3-4-6-9(8,7-10)11-2/h8H,3-7H2,1-2H3/t8-,9+/m0/s1. The molecule has 1 aliphatic carbocycles. The Morgan fingerprint density at radius 1 is 1.55 bits per heavy atom. The molecule has 0 heterocycles. The van der Waals surface area contributed by atoms with Crippen molar-refractivity contribution in [3.63, 3.8) is 0 Å². The monoisotopic (exact) mass is 220 g/mol.